The molecule has 1 aromatic heterocycles. The highest BCUT2D eigenvalue weighted by atomic mass is 32.2. The van der Waals surface area contributed by atoms with Crippen LogP contribution in [0.25, 0.3) is 0 Å². The van der Waals surface area contributed by atoms with Gasteiger partial charge in [0.05, 0.1) is 5.69 Å². The molecular weight excluding hydrogens is 370 g/mol. The van der Waals surface area contributed by atoms with Crippen molar-refractivity contribution in [3.05, 3.63) is 47.3 Å². The summed E-state index contributed by atoms with van der Waals surface area (Å²) in [5, 5.41) is 4.79. The summed E-state index contributed by atoms with van der Waals surface area (Å²) in [5.41, 5.74) is 1.06. The number of anilines is 1. The van der Waals surface area contributed by atoms with Crippen LogP contribution in [-0.2, 0) is 10.0 Å². The molecule has 1 saturated heterocycles. The summed E-state index contributed by atoms with van der Waals surface area (Å²) in [6.07, 6.45) is 1.89. The maximum atomic E-state index is 12.6. The van der Waals surface area contributed by atoms with Crippen LogP contribution in [0.3, 0.4) is 0 Å². The van der Waals surface area contributed by atoms with Crippen molar-refractivity contribution in [1.29, 1.82) is 0 Å². The average Bonchev–Trinajstić information content (AvgIpc) is 3.18. The molecule has 6 nitrogen and oxygen atoms in total. The third-order valence-electron chi connectivity index (χ3n) is 4.66. The number of hydrogen-bond donors (Lipinski definition) is 1. The van der Waals surface area contributed by atoms with Gasteiger partial charge in [-0.25, -0.2) is 8.42 Å². The second kappa shape index (κ2) is 7.77. The Hall–Kier alpha value is -1.90. The topological polar surface area (TPSA) is 69.7 Å². The lowest BCUT2D eigenvalue weighted by atomic mass is 10.0. The molecule has 2 aromatic rings. The van der Waals surface area contributed by atoms with Gasteiger partial charge in [-0.05, 0) is 68.7 Å². The Labute approximate surface area is 158 Å². The van der Waals surface area contributed by atoms with Crippen molar-refractivity contribution < 1.29 is 13.2 Å². The van der Waals surface area contributed by atoms with Gasteiger partial charge in [0.2, 0.25) is 0 Å². The first-order valence-electron chi connectivity index (χ1n) is 8.50. The lowest BCUT2D eigenvalue weighted by Gasteiger charge is -2.29. The Morgan fingerprint density at radius 1 is 1.19 bits per heavy atom. The molecule has 140 valence electrons. The Bertz CT molecular complexity index is 840. The first-order chi connectivity index (χ1) is 12.4. The molecule has 3 rings (SSSR count). The van der Waals surface area contributed by atoms with E-state index >= 15 is 0 Å². The molecule has 8 heteroatoms. The third-order valence-corrected chi connectivity index (χ3v) is 7.82. The minimum atomic E-state index is -3.56. The summed E-state index contributed by atoms with van der Waals surface area (Å²) in [7, 11) is 0.0343. The molecular formula is C18H23N3O3S2. The summed E-state index contributed by atoms with van der Waals surface area (Å²) in [6, 6.07) is 10.1. The molecule has 1 N–H and O–H groups in total. The Kier molecular flexibility index (Phi) is 5.64. The molecule has 2 heterocycles. The van der Waals surface area contributed by atoms with Crippen molar-refractivity contribution >= 4 is 33.0 Å². The first-order valence-corrected chi connectivity index (χ1v) is 10.8. The van der Waals surface area contributed by atoms with E-state index in [-0.39, 0.29) is 11.9 Å². The van der Waals surface area contributed by atoms with Gasteiger partial charge in [0.15, 0.2) is 0 Å². The van der Waals surface area contributed by atoms with Crippen LogP contribution in [0, 0.1) is 0 Å². The normalized spacial score (nSPS) is 16.4. The van der Waals surface area contributed by atoms with Gasteiger partial charge in [-0.2, -0.15) is 0 Å². The Balaban J connectivity index is 1.67. The minimum absolute atomic E-state index is 0.116. The number of sulfonamides is 1. The van der Waals surface area contributed by atoms with Crippen LogP contribution in [0.5, 0.6) is 0 Å². The second-order valence-corrected chi connectivity index (χ2v) is 9.65. The molecule has 1 aromatic carbocycles. The highest BCUT2D eigenvalue weighted by Gasteiger charge is 2.23. The summed E-state index contributed by atoms with van der Waals surface area (Å²) < 4.78 is 26.6. The van der Waals surface area contributed by atoms with Crippen molar-refractivity contribution in [3.8, 4) is 0 Å². The minimum Gasteiger partial charge on any atom is -0.349 e. The summed E-state index contributed by atoms with van der Waals surface area (Å²) in [6.45, 7) is 1.96. The van der Waals surface area contributed by atoms with E-state index in [4.69, 9.17) is 0 Å². The van der Waals surface area contributed by atoms with Crippen LogP contribution in [-0.4, -0.2) is 52.5 Å². The molecule has 0 radical (unpaired) electrons. The Morgan fingerprint density at radius 2 is 1.85 bits per heavy atom. The number of piperidine rings is 1. The number of hydrogen-bond acceptors (Lipinski definition) is 5. The molecule has 1 amide bonds. The number of benzene rings is 1. The van der Waals surface area contributed by atoms with Gasteiger partial charge in [-0.1, -0.05) is 6.07 Å². The van der Waals surface area contributed by atoms with Gasteiger partial charge >= 0.3 is 0 Å². The molecule has 0 unspecified atom stereocenters. The van der Waals surface area contributed by atoms with E-state index in [0.29, 0.717) is 15.5 Å². The van der Waals surface area contributed by atoms with Crippen LogP contribution in [0.1, 0.15) is 23.2 Å². The molecule has 26 heavy (non-hydrogen) atoms. The van der Waals surface area contributed by atoms with Crippen LogP contribution < -0.4 is 9.62 Å². The van der Waals surface area contributed by atoms with Crippen molar-refractivity contribution in [2.24, 2.45) is 0 Å². The average molecular weight is 394 g/mol. The highest BCUT2D eigenvalue weighted by Crippen LogP contribution is 2.25. The predicted octanol–water partition coefficient (Wildman–Crippen LogP) is 2.40. The number of carbonyl (C=O) groups is 1. The van der Waals surface area contributed by atoms with Crippen molar-refractivity contribution in [2.75, 3.05) is 31.5 Å². The van der Waals surface area contributed by atoms with E-state index in [1.165, 1.54) is 22.7 Å². The van der Waals surface area contributed by atoms with E-state index in [0.717, 1.165) is 25.9 Å². The fourth-order valence-electron chi connectivity index (χ4n) is 2.93. The Morgan fingerprint density at radius 3 is 2.42 bits per heavy atom. The monoisotopic (exact) mass is 393 g/mol. The quantitative estimate of drug-likeness (QED) is 0.847. The maximum Gasteiger partial charge on any atom is 0.273 e. The van der Waals surface area contributed by atoms with E-state index < -0.39 is 10.0 Å². The second-order valence-electron chi connectivity index (χ2n) is 6.50. The van der Waals surface area contributed by atoms with Gasteiger partial charge in [0.1, 0.15) is 4.21 Å². The number of rotatable bonds is 5. The predicted molar refractivity (Wildman–Crippen MR) is 104 cm³/mol. The van der Waals surface area contributed by atoms with E-state index in [9.17, 15) is 13.2 Å². The smallest absolute Gasteiger partial charge is 0.273 e. The largest absolute Gasteiger partial charge is 0.349 e. The van der Waals surface area contributed by atoms with Crippen molar-refractivity contribution in [2.45, 2.75) is 23.1 Å². The number of nitrogens with one attached hydrogen (secondary N) is 1. The summed E-state index contributed by atoms with van der Waals surface area (Å²) in [4.78, 5) is 14.7. The van der Waals surface area contributed by atoms with Gasteiger partial charge in [-0.15, -0.1) is 11.3 Å². The molecule has 0 bridgehead atoms. The molecule has 1 fully saturated rings. The van der Waals surface area contributed by atoms with Crippen LogP contribution in [0.15, 0.2) is 46.0 Å². The van der Waals surface area contributed by atoms with Crippen LogP contribution in [0.2, 0.25) is 0 Å². The van der Waals surface area contributed by atoms with Gasteiger partial charge in [0.25, 0.3) is 15.9 Å². The standard InChI is InChI=1S/C18H23N3O3S2/c1-20-11-9-15(10-12-20)19-18(22)14-5-7-16(8-6-14)21(2)26(23,24)17-4-3-13-25-17/h3-8,13,15H,9-12H2,1-2H3,(H,19,22). The molecule has 0 saturated carbocycles. The number of carbonyl (C=O) groups excluding carboxylic acids is 1. The summed E-state index contributed by atoms with van der Waals surface area (Å²) in [5.74, 6) is -0.116. The number of nitrogens with zero attached hydrogens (tertiary/aromatic N) is 2. The van der Waals surface area contributed by atoms with Gasteiger partial charge in [-0.3, -0.25) is 9.10 Å². The zero-order valence-electron chi connectivity index (χ0n) is 14.9. The zero-order valence-corrected chi connectivity index (χ0v) is 16.5. The summed E-state index contributed by atoms with van der Waals surface area (Å²) >= 11 is 1.18. The molecule has 0 aliphatic carbocycles. The van der Waals surface area contributed by atoms with E-state index in [1.54, 1.807) is 41.8 Å². The molecule has 0 spiro atoms. The number of thiophene rings is 1. The van der Waals surface area contributed by atoms with Crippen LogP contribution in [0.4, 0.5) is 5.69 Å². The van der Waals surface area contributed by atoms with Crippen molar-refractivity contribution in [3.63, 3.8) is 0 Å². The maximum absolute atomic E-state index is 12.6. The fraction of sp³-hybridized carbons (Fsp3) is 0.389. The number of likely N-dealkylation sites (tertiary alicyclic amines) is 1. The lowest BCUT2D eigenvalue weighted by molar-refractivity contribution is 0.0917. The number of amides is 1. The molecule has 1 aliphatic rings. The lowest BCUT2D eigenvalue weighted by Crippen LogP contribution is -2.43. The van der Waals surface area contributed by atoms with E-state index in [2.05, 4.69) is 17.3 Å². The fourth-order valence-corrected chi connectivity index (χ4v) is 5.28. The van der Waals surface area contributed by atoms with Crippen molar-refractivity contribution in [1.82, 2.24) is 10.2 Å². The van der Waals surface area contributed by atoms with Gasteiger partial charge in [0, 0.05) is 18.7 Å². The first kappa shape index (κ1) is 18.9. The zero-order chi connectivity index (χ0) is 18.7. The molecule has 1 aliphatic heterocycles. The third kappa shape index (κ3) is 4.08. The molecule has 0 atom stereocenters. The highest BCUT2D eigenvalue weighted by molar-refractivity contribution is 7.94. The van der Waals surface area contributed by atoms with Crippen LogP contribution >= 0.6 is 11.3 Å². The van der Waals surface area contributed by atoms with E-state index in [1.807, 2.05) is 0 Å². The van der Waals surface area contributed by atoms with Gasteiger partial charge < -0.3 is 10.2 Å². The SMILES string of the molecule is CN1CCC(NC(=O)c2ccc(N(C)S(=O)(=O)c3cccs3)cc2)CC1.